The molecule has 1 aliphatic carbocycles. The summed E-state index contributed by atoms with van der Waals surface area (Å²) >= 11 is 0. The predicted molar refractivity (Wildman–Crippen MR) is 48.8 cm³/mol. The molecule has 1 aliphatic rings. The molecule has 0 aliphatic heterocycles. The number of hydrogen-bond donors (Lipinski definition) is 2. The lowest BCUT2D eigenvalue weighted by Gasteiger charge is -2.43. The van der Waals surface area contributed by atoms with Crippen LogP contribution in [0, 0.1) is 0 Å². The molecule has 1 saturated carbocycles. The molecule has 1 fully saturated rings. The molecule has 68 valence electrons. The van der Waals surface area contributed by atoms with Gasteiger partial charge in [0.15, 0.2) is 0 Å². The van der Waals surface area contributed by atoms with Gasteiger partial charge in [-0.25, -0.2) is 0 Å². The Morgan fingerprint density at radius 3 is 1.50 bits per heavy atom. The van der Waals surface area contributed by atoms with Crippen LogP contribution in [0.25, 0.3) is 0 Å². The van der Waals surface area contributed by atoms with Gasteiger partial charge in [0.05, 0.1) is 0 Å². The van der Waals surface area contributed by atoms with E-state index in [2.05, 4.69) is 13.2 Å². The van der Waals surface area contributed by atoms with E-state index in [1.165, 1.54) is 12.2 Å². The summed E-state index contributed by atoms with van der Waals surface area (Å²) in [5, 5.41) is 19.9. The Balaban J connectivity index is 2.94. The van der Waals surface area contributed by atoms with E-state index in [4.69, 9.17) is 0 Å². The van der Waals surface area contributed by atoms with Crippen molar-refractivity contribution in [1.29, 1.82) is 0 Å². The van der Waals surface area contributed by atoms with Crippen molar-refractivity contribution >= 4 is 0 Å². The van der Waals surface area contributed by atoms with Crippen LogP contribution in [-0.4, -0.2) is 21.4 Å². The first-order chi connectivity index (χ1) is 5.58. The Bertz CT molecular complexity index is 178. The fourth-order valence-electron chi connectivity index (χ4n) is 1.78. The quantitative estimate of drug-likeness (QED) is 0.612. The van der Waals surface area contributed by atoms with Crippen LogP contribution in [0.3, 0.4) is 0 Å². The van der Waals surface area contributed by atoms with E-state index in [0.29, 0.717) is 12.8 Å². The summed E-state index contributed by atoms with van der Waals surface area (Å²) in [4.78, 5) is 0. The molecular weight excluding hydrogens is 152 g/mol. The van der Waals surface area contributed by atoms with Crippen LogP contribution < -0.4 is 0 Å². The first-order valence-corrected chi connectivity index (χ1v) is 4.30. The second kappa shape index (κ2) is 3.04. The van der Waals surface area contributed by atoms with Gasteiger partial charge in [-0.15, -0.1) is 13.2 Å². The largest absolute Gasteiger partial charge is 0.382 e. The molecule has 2 heteroatoms. The van der Waals surface area contributed by atoms with Crippen molar-refractivity contribution < 1.29 is 10.2 Å². The summed E-state index contributed by atoms with van der Waals surface area (Å²) in [6.07, 6.45) is 5.84. The van der Waals surface area contributed by atoms with Crippen LogP contribution in [-0.2, 0) is 0 Å². The minimum Gasteiger partial charge on any atom is -0.382 e. The summed E-state index contributed by atoms with van der Waals surface area (Å²) in [5.74, 6) is 0. The highest BCUT2D eigenvalue weighted by Gasteiger charge is 2.46. The van der Waals surface area contributed by atoms with Gasteiger partial charge >= 0.3 is 0 Å². The van der Waals surface area contributed by atoms with Crippen molar-refractivity contribution in [2.75, 3.05) is 0 Å². The standard InChI is InChI=1S/C10H16O2/c1-3-9(11)7-5-6-8-10(9,12)4-2/h3-4,11-12H,1-2,5-8H2. The molecule has 0 heterocycles. The Morgan fingerprint density at radius 2 is 1.25 bits per heavy atom. The minimum atomic E-state index is -1.17. The molecule has 0 radical (unpaired) electrons. The second-order valence-corrected chi connectivity index (χ2v) is 3.46. The summed E-state index contributed by atoms with van der Waals surface area (Å²) < 4.78 is 0. The zero-order valence-electron chi connectivity index (χ0n) is 7.29. The molecule has 0 spiro atoms. The molecule has 0 bridgehead atoms. The third kappa shape index (κ3) is 1.21. The van der Waals surface area contributed by atoms with Crippen LogP contribution in [0.5, 0.6) is 0 Å². The maximum Gasteiger partial charge on any atom is 0.115 e. The molecule has 1 rings (SSSR count). The molecule has 0 aromatic carbocycles. The van der Waals surface area contributed by atoms with Gasteiger partial charge in [-0.3, -0.25) is 0 Å². The lowest BCUT2D eigenvalue weighted by atomic mass is 9.72. The molecule has 0 aromatic heterocycles. The third-order valence-electron chi connectivity index (χ3n) is 2.79. The van der Waals surface area contributed by atoms with Gasteiger partial charge in [0.25, 0.3) is 0 Å². The van der Waals surface area contributed by atoms with E-state index in [-0.39, 0.29) is 0 Å². The van der Waals surface area contributed by atoms with E-state index in [0.717, 1.165) is 12.8 Å². The lowest BCUT2D eigenvalue weighted by Crippen LogP contribution is -2.53. The fourth-order valence-corrected chi connectivity index (χ4v) is 1.78. The maximum absolute atomic E-state index is 9.96. The maximum atomic E-state index is 9.96. The van der Waals surface area contributed by atoms with Crippen LogP contribution >= 0.6 is 0 Å². The van der Waals surface area contributed by atoms with Gasteiger partial charge in [-0.05, 0) is 12.8 Å². The highest BCUT2D eigenvalue weighted by Crippen LogP contribution is 2.38. The summed E-state index contributed by atoms with van der Waals surface area (Å²) in [6, 6.07) is 0. The number of hydrogen-bond acceptors (Lipinski definition) is 2. The van der Waals surface area contributed by atoms with Crippen LogP contribution in [0.4, 0.5) is 0 Å². The monoisotopic (exact) mass is 168 g/mol. The molecule has 2 unspecified atom stereocenters. The highest BCUT2D eigenvalue weighted by atomic mass is 16.4. The summed E-state index contributed by atoms with van der Waals surface area (Å²) in [7, 11) is 0. The second-order valence-electron chi connectivity index (χ2n) is 3.46. The first-order valence-electron chi connectivity index (χ1n) is 4.30. The molecule has 0 saturated heterocycles. The minimum absolute atomic E-state index is 0.568. The van der Waals surface area contributed by atoms with Crippen molar-refractivity contribution in [3.05, 3.63) is 25.3 Å². The number of aliphatic hydroxyl groups is 2. The molecule has 12 heavy (non-hydrogen) atoms. The van der Waals surface area contributed by atoms with Crippen LogP contribution in [0.2, 0.25) is 0 Å². The SMILES string of the molecule is C=CC1(O)CCCCC1(O)C=C. The van der Waals surface area contributed by atoms with Gasteiger partial charge in [0.2, 0.25) is 0 Å². The van der Waals surface area contributed by atoms with Crippen molar-refractivity contribution in [3.63, 3.8) is 0 Å². The molecule has 0 aromatic rings. The van der Waals surface area contributed by atoms with Gasteiger partial charge in [0, 0.05) is 0 Å². The molecule has 2 atom stereocenters. The Morgan fingerprint density at radius 1 is 0.917 bits per heavy atom. The van der Waals surface area contributed by atoms with Gasteiger partial charge in [0.1, 0.15) is 11.2 Å². The average molecular weight is 168 g/mol. The molecule has 2 N–H and O–H groups in total. The fraction of sp³-hybridized carbons (Fsp3) is 0.600. The summed E-state index contributed by atoms with van der Waals surface area (Å²) in [6.45, 7) is 7.08. The van der Waals surface area contributed by atoms with E-state index in [9.17, 15) is 10.2 Å². The Kier molecular flexibility index (Phi) is 2.40. The van der Waals surface area contributed by atoms with Crippen molar-refractivity contribution in [1.82, 2.24) is 0 Å². The smallest absolute Gasteiger partial charge is 0.115 e. The molecular formula is C10H16O2. The zero-order chi connectivity index (χ0) is 9.24. The lowest BCUT2D eigenvalue weighted by molar-refractivity contribution is -0.116. The van der Waals surface area contributed by atoms with Gasteiger partial charge < -0.3 is 10.2 Å². The highest BCUT2D eigenvalue weighted by molar-refractivity contribution is 5.18. The topological polar surface area (TPSA) is 40.5 Å². The Labute approximate surface area is 73.2 Å². The van der Waals surface area contributed by atoms with Crippen molar-refractivity contribution in [3.8, 4) is 0 Å². The summed E-state index contributed by atoms with van der Waals surface area (Å²) in [5.41, 5.74) is -2.35. The molecule has 2 nitrogen and oxygen atoms in total. The zero-order valence-corrected chi connectivity index (χ0v) is 7.29. The molecule has 0 amide bonds. The normalized spacial score (nSPS) is 42.2. The van der Waals surface area contributed by atoms with Crippen molar-refractivity contribution in [2.24, 2.45) is 0 Å². The third-order valence-corrected chi connectivity index (χ3v) is 2.79. The van der Waals surface area contributed by atoms with Gasteiger partial charge in [-0.1, -0.05) is 25.0 Å². The van der Waals surface area contributed by atoms with Crippen LogP contribution in [0.1, 0.15) is 25.7 Å². The van der Waals surface area contributed by atoms with Crippen LogP contribution in [0.15, 0.2) is 25.3 Å². The van der Waals surface area contributed by atoms with E-state index in [1.807, 2.05) is 0 Å². The Hall–Kier alpha value is -0.600. The van der Waals surface area contributed by atoms with Gasteiger partial charge in [-0.2, -0.15) is 0 Å². The van der Waals surface area contributed by atoms with E-state index in [1.54, 1.807) is 0 Å². The van der Waals surface area contributed by atoms with E-state index < -0.39 is 11.2 Å². The average Bonchev–Trinajstić information content (AvgIpc) is 2.10. The van der Waals surface area contributed by atoms with E-state index >= 15 is 0 Å². The predicted octanol–water partition coefficient (Wildman–Crippen LogP) is 1.39. The first kappa shape index (κ1) is 9.49. The number of rotatable bonds is 2. The van der Waals surface area contributed by atoms with Crippen molar-refractivity contribution in [2.45, 2.75) is 36.9 Å².